The van der Waals surface area contributed by atoms with Crippen LogP contribution in [0, 0.1) is 13.8 Å². The van der Waals surface area contributed by atoms with Crippen molar-refractivity contribution in [3.05, 3.63) is 41.3 Å². The van der Waals surface area contributed by atoms with Gasteiger partial charge in [0.2, 0.25) is 5.89 Å². The van der Waals surface area contributed by atoms with Crippen molar-refractivity contribution in [3.8, 4) is 0 Å². The van der Waals surface area contributed by atoms with Crippen molar-refractivity contribution in [2.75, 3.05) is 13.1 Å². The Morgan fingerprint density at radius 3 is 3.00 bits per heavy atom. The second-order valence-electron chi connectivity index (χ2n) is 5.87. The van der Waals surface area contributed by atoms with Gasteiger partial charge >= 0.3 is 0 Å². The highest BCUT2D eigenvalue weighted by Gasteiger charge is 2.21. The van der Waals surface area contributed by atoms with Crippen LogP contribution in [0.15, 0.2) is 22.9 Å². The van der Waals surface area contributed by atoms with Gasteiger partial charge in [0.25, 0.3) is 0 Å². The molecule has 0 aromatic carbocycles. The predicted molar refractivity (Wildman–Crippen MR) is 81.1 cm³/mol. The minimum atomic E-state index is 0.220. The van der Waals surface area contributed by atoms with Gasteiger partial charge in [-0.05, 0) is 37.9 Å². The van der Waals surface area contributed by atoms with Crippen molar-refractivity contribution in [2.45, 2.75) is 45.9 Å². The molecule has 0 N–H and O–H groups in total. The maximum absolute atomic E-state index is 5.92. The van der Waals surface area contributed by atoms with Crippen LogP contribution < -0.4 is 0 Å². The molecule has 2 aromatic heterocycles. The predicted octanol–water partition coefficient (Wildman–Crippen LogP) is 2.26. The Morgan fingerprint density at radius 1 is 1.36 bits per heavy atom. The molecule has 0 radical (unpaired) electrons. The molecule has 0 unspecified atom stereocenters. The van der Waals surface area contributed by atoms with Gasteiger partial charge in [-0.3, -0.25) is 9.88 Å². The molecule has 3 heterocycles. The first kappa shape index (κ1) is 15.1. The zero-order chi connectivity index (χ0) is 15.4. The van der Waals surface area contributed by atoms with E-state index in [4.69, 9.17) is 9.26 Å². The zero-order valence-electron chi connectivity index (χ0n) is 13.2. The van der Waals surface area contributed by atoms with Crippen molar-refractivity contribution >= 4 is 0 Å². The molecule has 1 aliphatic rings. The van der Waals surface area contributed by atoms with Crippen LogP contribution in [-0.4, -0.2) is 39.2 Å². The van der Waals surface area contributed by atoms with Crippen LogP contribution in [-0.2, 0) is 17.9 Å². The lowest BCUT2D eigenvalue weighted by Crippen LogP contribution is -2.39. The summed E-state index contributed by atoms with van der Waals surface area (Å²) >= 11 is 0. The van der Waals surface area contributed by atoms with E-state index in [2.05, 4.69) is 39.1 Å². The number of hydrogen-bond donors (Lipinski definition) is 0. The molecular weight excluding hydrogens is 280 g/mol. The maximum atomic E-state index is 5.92. The second-order valence-corrected chi connectivity index (χ2v) is 5.87. The highest BCUT2D eigenvalue weighted by atomic mass is 16.5. The Balaban J connectivity index is 1.49. The lowest BCUT2D eigenvalue weighted by Gasteiger charge is -2.32. The number of aromatic nitrogens is 3. The fourth-order valence-electron chi connectivity index (χ4n) is 2.71. The fourth-order valence-corrected chi connectivity index (χ4v) is 2.71. The van der Waals surface area contributed by atoms with E-state index in [-0.39, 0.29) is 6.10 Å². The minimum Gasteiger partial charge on any atom is -0.369 e. The lowest BCUT2D eigenvalue weighted by atomic mass is 10.1. The van der Waals surface area contributed by atoms with Crippen LogP contribution >= 0.6 is 0 Å². The molecule has 6 nitrogen and oxygen atoms in total. The van der Waals surface area contributed by atoms with E-state index in [1.165, 1.54) is 5.56 Å². The zero-order valence-corrected chi connectivity index (χ0v) is 13.2. The van der Waals surface area contributed by atoms with Crippen LogP contribution in [0.1, 0.15) is 35.8 Å². The molecule has 0 saturated carbocycles. The van der Waals surface area contributed by atoms with Crippen LogP contribution in [0.4, 0.5) is 0 Å². The molecule has 1 saturated heterocycles. The first-order valence-corrected chi connectivity index (χ1v) is 7.74. The Kier molecular flexibility index (Phi) is 4.80. The quantitative estimate of drug-likeness (QED) is 0.844. The average molecular weight is 302 g/mol. The summed E-state index contributed by atoms with van der Waals surface area (Å²) in [6.07, 6.45) is 4.36. The molecule has 0 spiro atoms. The first-order chi connectivity index (χ1) is 10.7. The van der Waals surface area contributed by atoms with Crippen molar-refractivity contribution in [2.24, 2.45) is 0 Å². The number of likely N-dealkylation sites (tertiary alicyclic amines) is 1. The summed E-state index contributed by atoms with van der Waals surface area (Å²) in [6, 6.07) is 4.21. The van der Waals surface area contributed by atoms with Gasteiger partial charge in [-0.1, -0.05) is 11.2 Å². The number of ether oxygens (including phenoxy) is 1. The van der Waals surface area contributed by atoms with Gasteiger partial charge in [-0.25, -0.2) is 0 Å². The van der Waals surface area contributed by atoms with E-state index < -0.39 is 0 Å². The van der Waals surface area contributed by atoms with Gasteiger partial charge < -0.3 is 9.26 Å². The Morgan fingerprint density at radius 2 is 2.27 bits per heavy atom. The smallest absolute Gasteiger partial charge is 0.223 e. The average Bonchev–Trinajstić information content (AvgIpc) is 2.94. The molecule has 118 valence electrons. The summed E-state index contributed by atoms with van der Waals surface area (Å²) in [6.45, 7) is 7.15. The van der Waals surface area contributed by atoms with Crippen LogP contribution in [0.25, 0.3) is 0 Å². The standard InChI is InChI=1S/C16H22N4O2/c1-12-5-6-14(17-8-12)9-20-7-3-4-15(10-20)21-11-16-18-13(2)22-19-16/h5-6,8,15H,3-4,7,9-11H2,1-2H3/t15-/m0/s1. The van der Waals surface area contributed by atoms with Crippen molar-refractivity contribution in [1.29, 1.82) is 0 Å². The topological polar surface area (TPSA) is 64.3 Å². The van der Waals surface area contributed by atoms with Gasteiger partial charge in [0.15, 0.2) is 5.82 Å². The third-order valence-electron chi connectivity index (χ3n) is 3.84. The van der Waals surface area contributed by atoms with E-state index in [0.717, 1.165) is 38.2 Å². The number of pyridine rings is 1. The molecule has 0 aliphatic carbocycles. The van der Waals surface area contributed by atoms with Gasteiger partial charge in [0.05, 0.1) is 11.8 Å². The van der Waals surface area contributed by atoms with Crippen molar-refractivity contribution in [3.63, 3.8) is 0 Å². The van der Waals surface area contributed by atoms with E-state index in [0.29, 0.717) is 18.3 Å². The summed E-state index contributed by atoms with van der Waals surface area (Å²) in [5, 5.41) is 3.86. The van der Waals surface area contributed by atoms with Crippen LogP contribution in [0.5, 0.6) is 0 Å². The highest BCUT2D eigenvalue weighted by molar-refractivity contribution is 5.12. The molecule has 6 heteroatoms. The molecule has 3 rings (SSSR count). The fraction of sp³-hybridized carbons (Fsp3) is 0.562. The molecule has 22 heavy (non-hydrogen) atoms. The Bertz CT molecular complexity index is 596. The summed E-state index contributed by atoms with van der Waals surface area (Å²) in [7, 11) is 0. The monoisotopic (exact) mass is 302 g/mol. The third-order valence-corrected chi connectivity index (χ3v) is 3.84. The van der Waals surface area contributed by atoms with E-state index >= 15 is 0 Å². The summed E-state index contributed by atoms with van der Waals surface area (Å²) in [4.78, 5) is 11.0. The molecule has 0 bridgehead atoms. The number of hydrogen-bond acceptors (Lipinski definition) is 6. The first-order valence-electron chi connectivity index (χ1n) is 7.74. The maximum Gasteiger partial charge on any atom is 0.223 e. The second kappa shape index (κ2) is 6.98. The Labute approximate surface area is 130 Å². The molecule has 2 aromatic rings. The van der Waals surface area contributed by atoms with Gasteiger partial charge in [0, 0.05) is 26.2 Å². The molecular formula is C16H22N4O2. The number of aryl methyl sites for hydroxylation is 2. The normalized spacial score (nSPS) is 19.5. The Hall–Kier alpha value is -1.79. The summed E-state index contributed by atoms with van der Waals surface area (Å²) in [5.41, 5.74) is 2.30. The number of nitrogens with zero attached hydrogens (tertiary/aromatic N) is 4. The lowest BCUT2D eigenvalue weighted by molar-refractivity contribution is -0.0153. The molecule has 1 aliphatic heterocycles. The molecule has 1 fully saturated rings. The third kappa shape index (κ3) is 4.11. The molecule has 0 amide bonds. The number of piperidine rings is 1. The van der Waals surface area contributed by atoms with E-state index in [9.17, 15) is 0 Å². The summed E-state index contributed by atoms with van der Waals surface area (Å²) < 4.78 is 10.9. The minimum absolute atomic E-state index is 0.220. The van der Waals surface area contributed by atoms with Crippen LogP contribution in [0.3, 0.4) is 0 Å². The highest BCUT2D eigenvalue weighted by Crippen LogP contribution is 2.16. The largest absolute Gasteiger partial charge is 0.369 e. The van der Waals surface area contributed by atoms with Gasteiger partial charge in [-0.15, -0.1) is 0 Å². The van der Waals surface area contributed by atoms with Gasteiger partial charge in [0.1, 0.15) is 6.61 Å². The van der Waals surface area contributed by atoms with Crippen LogP contribution in [0.2, 0.25) is 0 Å². The van der Waals surface area contributed by atoms with Crippen molar-refractivity contribution in [1.82, 2.24) is 20.0 Å². The molecule has 1 atom stereocenters. The van der Waals surface area contributed by atoms with Crippen molar-refractivity contribution < 1.29 is 9.26 Å². The van der Waals surface area contributed by atoms with Gasteiger partial charge in [-0.2, -0.15) is 4.98 Å². The number of rotatable bonds is 5. The summed E-state index contributed by atoms with van der Waals surface area (Å²) in [5.74, 6) is 1.20. The van der Waals surface area contributed by atoms with E-state index in [1.807, 2.05) is 6.20 Å². The SMILES string of the molecule is Cc1ccc(CN2CCC[C@H](OCc3noc(C)n3)C2)nc1. The van der Waals surface area contributed by atoms with E-state index in [1.54, 1.807) is 6.92 Å².